The van der Waals surface area contributed by atoms with Crippen LogP contribution in [0.1, 0.15) is 200 Å². The molecular formula is C67H97BF7IN4NaO9. The Balaban J connectivity index is -0.000000500. The van der Waals surface area contributed by atoms with Gasteiger partial charge in [0, 0.05) is 88.0 Å². The van der Waals surface area contributed by atoms with E-state index in [-0.39, 0.29) is 92.9 Å². The van der Waals surface area contributed by atoms with E-state index in [1.54, 1.807) is 79.7 Å². The van der Waals surface area contributed by atoms with Gasteiger partial charge in [0.15, 0.2) is 5.78 Å². The number of ether oxygens (including phenoxy) is 3. The number of carbonyl (C=O) groups is 5. The number of aliphatic hydroxyl groups is 1. The monoisotopic (exact) mass is 1400 g/mol. The number of amides is 3. The van der Waals surface area contributed by atoms with E-state index in [0.29, 0.717) is 49.0 Å². The summed E-state index contributed by atoms with van der Waals surface area (Å²) in [6.45, 7) is 30.5. The molecule has 4 aromatic carbocycles. The number of nitrogens with zero attached hydrogens (tertiary/aromatic N) is 2. The summed E-state index contributed by atoms with van der Waals surface area (Å²) >= 11 is 2.17. The maximum Gasteiger partial charge on any atom is 1.00 e. The van der Waals surface area contributed by atoms with Crippen molar-refractivity contribution in [2.75, 3.05) is 20.3 Å². The van der Waals surface area contributed by atoms with E-state index in [0.717, 1.165) is 77.5 Å². The molecule has 3 saturated heterocycles. The largest absolute Gasteiger partial charge is 1.00 e. The summed E-state index contributed by atoms with van der Waals surface area (Å²) in [7, 11) is 1.00. The third-order valence-corrected chi connectivity index (χ3v) is 14.1. The number of hydrogen-bond donors (Lipinski definition) is 3. The molecular weight excluding hydrogens is 1300 g/mol. The van der Waals surface area contributed by atoms with Crippen molar-refractivity contribution < 1.29 is 106 Å². The first-order valence-electron chi connectivity index (χ1n) is 30.1. The second-order valence-corrected chi connectivity index (χ2v) is 24.3. The fourth-order valence-electron chi connectivity index (χ4n) is 8.64. The first kappa shape index (κ1) is 87.3. The van der Waals surface area contributed by atoms with Crippen molar-refractivity contribution in [3.63, 3.8) is 0 Å². The van der Waals surface area contributed by atoms with Gasteiger partial charge in [-0.25, -0.2) is 32.1 Å². The normalized spacial score (nSPS) is 17.4. The van der Waals surface area contributed by atoms with Crippen molar-refractivity contribution in [2.45, 2.75) is 223 Å². The van der Waals surface area contributed by atoms with E-state index in [1.165, 1.54) is 66.1 Å². The Morgan fingerprint density at radius 3 is 1.67 bits per heavy atom. The zero-order valence-electron chi connectivity index (χ0n) is 57.8. The molecule has 4 heterocycles. The number of likely N-dealkylation sites (tertiary alicyclic amines) is 1. The van der Waals surface area contributed by atoms with Crippen molar-refractivity contribution in [1.29, 1.82) is 0 Å². The van der Waals surface area contributed by atoms with Gasteiger partial charge in [0.25, 0.3) is 0 Å². The Bertz CT molecular complexity index is 2840. The summed E-state index contributed by atoms with van der Waals surface area (Å²) in [6.07, 6.45) is 2.30. The summed E-state index contributed by atoms with van der Waals surface area (Å²) in [6, 6.07) is 20.1. The van der Waals surface area contributed by atoms with Gasteiger partial charge in [-0.2, -0.15) is 13.2 Å². The predicted molar refractivity (Wildman–Crippen MR) is 350 cm³/mol. The molecule has 5 unspecified atom stereocenters. The van der Waals surface area contributed by atoms with Gasteiger partial charge < -0.3 is 31.4 Å². The topological polar surface area (TPSA) is 173 Å². The minimum atomic E-state index is -4.64. The fourth-order valence-corrected chi connectivity index (χ4v) is 8.98. The van der Waals surface area contributed by atoms with Gasteiger partial charge in [0.05, 0.1) is 0 Å². The predicted octanol–water partition coefficient (Wildman–Crippen LogP) is 13.6. The molecule has 0 aliphatic carbocycles. The molecule has 8 rings (SSSR count). The summed E-state index contributed by atoms with van der Waals surface area (Å²) in [5.74, 6) is -1.01. The van der Waals surface area contributed by atoms with Gasteiger partial charge in [0.1, 0.15) is 34.5 Å². The Hall–Kier alpha value is -4.72. The van der Waals surface area contributed by atoms with Crippen LogP contribution in [0.2, 0.25) is 0 Å². The zero-order valence-corrected chi connectivity index (χ0v) is 60.0. The number of carbonyl (C=O) groups excluding carboxylic acids is 5. The van der Waals surface area contributed by atoms with Crippen LogP contribution in [0.3, 0.4) is 0 Å². The molecule has 0 aromatic heterocycles. The number of aldehydes is 1. The molecule has 0 bridgehead atoms. The van der Waals surface area contributed by atoms with Crippen molar-refractivity contribution in [3.8, 4) is 0 Å². The first-order valence-corrected chi connectivity index (χ1v) is 30.4. The number of alkyl halides is 3. The van der Waals surface area contributed by atoms with E-state index < -0.39 is 35.9 Å². The maximum absolute atomic E-state index is 13.0. The van der Waals surface area contributed by atoms with Gasteiger partial charge in [0.2, 0.25) is 12.2 Å². The molecule has 3 radical (unpaired) electrons. The van der Waals surface area contributed by atoms with Crippen LogP contribution in [0.15, 0.2) is 77.8 Å². The van der Waals surface area contributed by atoms with Crippen LogP contribution < -0.4 is 40.2 Å². The van der Waals surface area contributed by atoms with Crippen LogP contribution in [-0.4, -0.2) is 116 Å². The Morgan fingerprint density at radius 1 is 0.789 bits per heavy atom. The summed E-state index contributed by atoms with van der Waals surface area (Å²) < 4.78 is 105. The number of nitrogens with one attached hydrogen (secondary N) is 2. The molecule has 3 N–H and O–H groups in total. The van der Waals surface area contributed by atoms with Gasteiger partial charge in [-0.15, -0.1) is 0 Å². The average molecular weight is 1400 g/mol. The van der Waals surface area contributed by atoms with Gasteiger partial charge in [-0.3, -0.25) is 19.4 Å². The minimum Gasteiger partial charge on any atom is -1.00 e. The van der Waals surface area contributed by atoms with Crippen molar-refractivity contribution in [2.24, 2.45) is 4.99 Å². The number of aliphatic hydroxyl groups excluding tert-OH is 1. The summed E-state index contributed by atoms with van der Waals surface area (Å²) in [4.78, 5) is 61.1. The number of imide groups is 1. The van der Waals surface area contributed by atoms with Crippen LogP contribution in [0.5, 0.6) is 0 Å². The van der Waals surface area contributed by atoms with Crippen LogP contribution in [0.4, 0.5) is 40.3 Å². The number of ketones is 1. The molecule has 3 amide bonds. The number of hydrogen-bond acceptors (Lipinski definition) is 11. The first-order chi connectivity index (χ1) is 41.4. The minimum absolute atomic E-state index is 0. The van der Waals surface area contributed by atoms with Gasteiger partial charge >= 0.3 is 47.9 Å². The second-order valence-electron chi connectivity index (χ2n) is 23.1. The van der Waals surface area contributed by atoms with Crippen molar-refractivity contribution >= 4 is 66.9 Å². The molecule has 4 aromatic rings. The Morgan fingerprint density at radius 2 is 1.28 bits per heavy atom. The third kappa shape index (κ3) is 38.3. The van der Waals surface area contributed by atoms with Crippen LogP contribution in [0.25, 0.3) is 0 Å². The number of Topliss-reactive ketones (excluding diaryl/α,β-unsaturated/α-hetero) is 1. The van der Waals surface area contributed by atoms with E-state index in [4.69, 9.17) is 25.5 Å². The van der Waals surface area contributed by atoms with E-state index in [2.05, 4.69) is 52.1 Å². The number of halogens is 8. The molecule has 13 nitrogen and oxygen atoms in total. The van der Waals surface area contributed by atoms with Gasteiger partial charge in [-0.05, 0) is 271 Å². The number of aryl methyl sites for hydroxylation is 4. The van der Waals surface area contributed by atoms with Crippen LogP contribution in [-0.2, 0) is 23.8 Å². The van der Waals surface area contributed by atoms with Crippen LogP contribution >= 0.6 is 22.6 Å². The van der Waals surface area contributed by atoms with E-state index >= 15 is 0 Å². The molecule has 499 valence electrons. The quantitative estimate of drug-likeness (QED) is 0.0531. The molecule has 23 heteroatoms. The summed E-state index contributed by atoms with van der Waals surface area (Å²) in [5.41, 5.74) is 6.57. The molecule has 90 heavy (non-hydrogen) atoms. The van der Waals surface area contributed by atoms with Crippen molar-refractivity contribution in [1.82, 2.24) is 15.5 Å². The Labute approximate surface area is 571 Å². The Kier molecular flexibility index (Phi) is 44.2. The summed E-state index contributed by atoms with van der Waals surface area (Å²) in [5, 5.41) is 13.2. The molecule has 4 aliphatic rings. The molecule has 4 aliphatic heterocycles. The SMILES string of the molecule is C1CCOC1.CC1CCC(=O)N1C(=O)OC(C)(C)C.CO.Cc1cc(F)ccc1C(=O)CCC(C)NC(=O)OC(C)(C)C.Cc1cc(F)ccc1C1=NC(C)CC1.Cc1cc(F)ccc1C1CCC(C)N1.Cc1cc(F)ccc1I.O=CC(F)(F)F.[2H]CC.[B].[H-].[Na+]. The molecule has 3 fully saturated rings. The molecule has 0 saturated carbocycles. The number of benzene rings is 4. The van der Waals surface area contributed by atoms with Crippen LogP contribution in [0, 0.1) is 54.5 Å². The standard InChI is InChI=1S/C17H24FNO3.C12H16FN.C12H14FN.C10H17NO3.C7H6FI.C4H8O.C2HF3O.C2H6.CH4O.B.Na.H/c1-11-10-13(18)7-8-14(11)15(20)9-6-12(2)19-16(21)22-17(3,4)5;2*1-8-7-10(13)4-5-11(8)12-6-3-9(2)14-12;1-7-5-6-8(12)11(7)9(13)14-10(2,3)4;1-5-4-6(8)2-3-7(5)9;1-2-4-5-3-1;3-2(4,5)1-6;2*1-2;;;/h7-8,10,12H,6,9H2,1-5H3,(H,19,21);4-5,7,9,12,14H,3,6H2,1-2H3;4-5,7,9H,3,6H2,1-2H3;7H,5-6H2,1-4H3;2-4H,1H3;1-4H2;1H;1-2H3;2H,1H3;;;/q;;;;;;;;;;+1;-1/i;;;;;;;1D;;;;. The number of aliphatic imine (C=N–C) groups is 1. The fraction of sp³-hybridized carbons (Fsp3) is 0.552. The number of rotatable bonds is 7. The third-order valence-electron chi connectivity index (χ3n) is 12.9. The molecule has 5 atom stereocenters. The van der Waals surface area contributed by atoms with Gasteiger partial charge in [-0.1, -0.05) is 19.9 Å². The van der Waals surface area contributed by atoms with E-state index in [1.807, 2.05) is 46.8 Å². The number of alkyl carbamates (subject to hydrolysis) is 1. The average Bonchev–Trinajstić information content (AvgIpc) is 1.78. The maximum atomic E-state index is 13.0. The zero-order chi connectivity index (χ0) is 68.4. The van der Waals surface area contributed by atoms with E-state index in [9.17, 15) is 49.9 Å². The smallest absolute Gasteiger partial charge is 1.00 e. The second kappa shape index (κ2) is 45.6. The molecule has 0 spiro atoms. The van der Waals surface area contributed by atoms with Crippen molar-refractivity contribution in [3.05, 3.63) is 139 Å².